The van der Waals surface area contributed by atoms with Crippen LogP contribution in [0.2, 0.25) is 0 Å². The van der Waals surface area contributed by atoms with Crippen LogP contribution in [0, 0.1) is 0 Å². The lowest BCUT2D eigenvalue weighted by Gasteiger charge is -2.16. The van der Waals surface area contributed by atoms with Crippen molar-refractivity contribution >= 4 is 17.4 Å². The normalized spacial score (nSPS) is 14.0. The molecule has 1 N–H and O–H groups in total. The zero-order valence-electron chi connectivity index (χ0n) is 12.6. The lowest BCUT2D eigenvalue weighted by molar-refractivity contribution is 0.102. The van der Waals surface area contributed by atoms with Gasteiger partial charge in [0.1, 0.15) is 11.6 Å². The predicted molar refractivity (Wildman–Crippen MR) is 86.6 cm³/mol. The smallest absolute Gasteiger partial charge is 0.259 e. The molecule has 0 bridgehead atoms. The van der Waals surface area contributed by atoms with Crippen molar-refractivity contribution in [2.75, 3.05) is 30.4 Å². The molecule has 0 spiro atoms. The van der Waals surface area contributed by atoms with Gasteiger partial charge in [0.15, 0.2) is 0 Å². The largest absolute Gasteiger partial charge is 0.496 e. The van der Waals surface area contributed by atoms with Crippen molar-refractivity contribution in [3.63, 3.8) is 0 Å². The fraction of sp³-hybridized carbons (Fsp3) is 0.294. The Kier molecular flexibility index (Phi) is 4.23. The Bertz CT molecular complexity index is 649. The molecule has 1 saturated heterocycles. The molecule has 2 heterocycles. The van der Waals surface area contributed by atoms with Gasteiger partial charge in [-0.3, -0.25) is 4.79 Å². The first-order valence-corrected chi connectivity index (χ1v) is 7.43. The molecule has 1 amide bonds. The number of carbonyl (C=O) groups excluding carboxylic acids is 1. The number of anilines is 2. The monoisotopic (exact) mass is 297 g/mol. The van der Waals surface area contributed by atoms with E-state index in [0.29, 0.717) is 17.0 Å². The Balaban J connectivity index is 1.71. The van der Waals surface area contributed by atoms with Crippen LogP contribution in [0.25, 0.3) is 0 Å². The van der Waals surface area contributed by atoms with Gasteiger partial charge in [-0.05, 0) is 37.1 Å². The fourth-order valence-corrected chi connectivity index (χ4v) is 2.62. The number of hydrogen-bond donors (Lipinski definition) is 1. The molecule has 5 heteroatoms. The first-order chi connectivity index (χ1) is 10.8. The second kappa shape index (κ2) is 6.47. The maximum Gasteiger partial charge on any atom is 0.259 e. The number of hydrogen-bond acceptors (Lipinski definition) is 4. The average molecular weight is 297 g/mol. The molecule has 0 radical (unpaired) electrons. The number of amides is 1. The topological polar surface area (TPSA) is 54.5 Å². The maximum absolute atomic E-state index is 12.3. The highest BCUT2D eigenvalue weighted by atomic mass is 16.5. The van der Waals surface area contributed by atoms with Crippen molar-refractivity contribution < 1.29 is 9.53 Å². The van der Waals surface area contributed by atoms with Gasteiger partial charge in [0.05, 0.1) is 24.6 Å². The summed E-state index contributed by atoms with van der Waals surface area (Å²) in [5, 5.41) is 2.85. The van der Waals surface area contributed by atoms with Crippen molar-refractivity contribution in [2.45, 2.75) is 12.8 Å². The molecular weight excluding hydrogens is 278 g/mol. The highest BCUT2D eigenvalue weighted by Crippen LogP contribution is 2.21. The van der Waals surface area contributed by atoms with E-state index in [-0.39, 0.29) is 5.91 Å². The van der Waals surface area contributed by atoms with Gasteiger partial charge in [-0.15, -0.1) is 0 Å². The second-order valence-electron chi connectivity index (χ2n) is 5.25. The summed E-state index contributed by atoms with van der Waals surface area (Å²) < 4.78 is 5.21. The van der Waals surface area contributed by atoms with Crippen LogP contribution < -0.4 is 15.0 Å². The summed E-state index contributed by atoms with van der Waals surface area (Å²) in [4.78, 5) is 19.0. The SMILES string of the molecule is COc1ccccc1C(=O)Nc1ccc(N2CCCC2)nc1. The van der Waals surface area contributed by atoms with Crippen LogP contribution in [0.5, 0.6) is 5.75 Å². The number of rotatable bonds is 4. The predicted octanol–water partition coefficient (Wildman–Crippen LogP) is 2.94. The number of nitrogens with zero attached hydrogens (tertiary/aromatic N) is 2. The Morgan fingerprint density at radius 2 is 1.95 bits per heavy atom. The van der Waals surface area contributed by atoms with Crippen LogP contribution in [0.4, 0.5) is 11.5 Å². The Labute approximate surface area is 129 Å². The lowest BCUT2D eigenvalue weighted by Crippen LogP contribution is -2.19. The van der Waals surface area contributed by atoms with Gasteiger partial charge < -0.3 is 15.0 Å². The van der Waals surface area contributed by atoms with E-state index in [0.717, 1.165) is 18.9 Å². The average Bonchev–Trinajstić information content (AvgIpc) is 3.10. The van der Waals surface area contributed by atoms with Gasteiger partial charge in [-0.1, -0.05) is 12.1 Å². The van der Waals surface area contributed by atoms with Crippen molar-refractivity contribution in [3.05, 3.63) is 48.2 Å². The summed E-state index contributed by atoms with van der Waals surface area (Å²) in [6.45, 7) is 2.11. The lowest BCUT2D eigenvalue weighted by atomic mass is 10.2. The number of benzene rings is 1. The molecule has 1 aromatic carbocycles. The molecular formula is C17H19N3O2. The molecule has 2 aromatic rings. The van der Waals surface area contributed by atoms with Crippen LogP contribution in [0.3, 0.4) is 0 Å². The minimum absolute atomic E-state index is 0.201. The van der Waals surface area contributed by atoms with Crippen LogP contribution >= 0.6 is 0 Å². The Morgan fingerprint density at radius 3 is 2.64 bits per heavy atom. The van der Waals surface area contributed by atoms with Gasteiger partial charge in [0, 0.05) is 13.1 Å². The van der Waals surface area contributed by atoms with E-state index >= 15 is 0 Å². The number of carbonyl (C=O) groups is 1. The maximum atomic E-state index is 12.3. The zero-order valence-corrected chi connectivity index (χ0v) is 12.6. The second-order valence-corrected chi connectivity index (χ2v) is 5.25. The molecule has 1 aromatic heterocycles. The van der Waals surface area contributed by atoms with Crippen LogP contribution in [-0.2, 0) is 0 Å². The third kappa shape index (κ3) is 3.03. The minimum atomic E-state index is -0.201. The van der Waals surface area contributed by atoms with E-state index in [1.165, 1.54) is 12.8 Å². The number of pyridine rings is 1. The molecule has 114 valence electrons. The van der Waals surface area contributed by atoms with Crippen molar-refractivity contribution in [3.8, 4) is 5.75 Å². The summed E-state index contributed by atoms with van der Waals surface area (Å²) in [5.74, 6) is 1.32. The van der Waals surface area contributed by atoms with Crippen LogP contribution in [0.15, 0.2) is 42.6 Å². The third-order valence-corrected chi connectivity index (χ3v) is 3.79. The van der Waals surface area contributed by atoms with Crippen molar-refractivity contribution in [1.29, 1.82) is 0 Å². The van der Waals surface area contributed by atoms with Crippen LogP contribution in [-0.4, -0.2) is 31.1 Å². The summed E-state index contributed by atoms with van der Waals surface area (Å²) >= 11 is 0. The molecule has 0 atom stereocenters. The summed E-state index contributed by atoms with van der Waals surface area (Å²) in [5.41, 5.74) is 1.19. The molecule has 3 rings (SSSR count). The van der Waals surface area contributed by atoms with E-state index in [1.807, 2.05) is 24.3 Å². The molecule has 0 unspecified atom stereocenters. The number of methoxy groups -OCH3 is 1. The van der Waals surface area contributed by atoms with Gasteiger partial charge in [-0.25, -0.2) is 4.98 Å². The van der Waals surface area contributed by atoms with Crippen LogP contribution in [0.1, 0.15) is 23.2 Å². The van der Waals surface area contributed by atoms with E-state index in [2.05, 4.69) is 15.2 Å². The molecule has 0 aliphatic carbocycles. The Morgan fingerprint density at radius 1 is 1.18 bits per heavy atom. The highest BCUT2D eigenvalue weighted by molar-refractivity contribution is 6.06. The van der Waals surface area contributed by atoms with Gasteiger partial charge in [0.25, 0.3) is 5.91 Å². The quantitative estimate of drug-likeness (QED) is 0.942. The summed E-state index contributed by atoms with van der Waals surface area (Å²) in [6, 6.07) is 11.0. The van der Waals surface area contributed by atoms with Gasteiger partial charge >= 0.3 is 0 Å². The number of ether oxygens (including phenoxy) is 1. The van der Waals surface area contributed by atoms with Gasteiger partial charge in [0.2, 0.25) is 0 Å². The summed E-state index contributed by atoms with van der Waals surface area (Å²) in [6.07, 6.45) is 4.13. The number of nitrogens with one attached hydrogen (secondary N) is 1. The third-order valence-electron chi connectivity index (χ3n) is 3.79. The molecule has 0 saturated carbocycles. The fourth-order valence-electron chi connectivity index (χ4n) is 2.62. The Hall–Kier alpha value is -2.56. The highest BCUT2D eigenvalue weighted by Gasteiger charge is 2.14. The molecule has 1 aliphatic heterocycles. The van der Waals surface area contributed by atoms with E-state index in [4.69, 9.17) is 4.74 Å². The summed E-state index contributed by atoms with van der Waals surface area (Å²) in [7, 11) is 1.55. The molecule has 1 aliphatic rings. The standard InChI is InChI=1S/C17H19N3O2/c1-22-15-7-3-2-6-14(15)17(21)19-13-8-9-16(18-12-13)20-10-4-5-11-20/h2-3,6-9,12H,4-5,10-11H2,1H3,(H,19,21). The van der Waals surface area contributed by atoms with Gasteiger partial charge in [-0.2, -0.15) is 0 Å². The molecule has 1 fully saturated rings. The van der Waals surface area contributed by atoms with Crippen molar-refractivity contribution in [1.82, 2.24) is 4.98 Å². The van der Waals surface area contributed by atoms with E-state index in [1.54, 1.807) is 25.4 Å². The minimum Gasteiger partial charge on any atom is -0.496 e. The van der Waals surface area contributed by atoms with E-state index < -0.39 is 0 Å². The first-order valence-electron chi connectivity index (χ1n) is 7.43. The van der Waals surface area contributed by atoms with E-state index in [9.17, 15) is 4.79 Å². The zero-order chi connectivity index (χ0) is 15.4. The number of aromatic nitrogens is 1. The number of para-hydroxylation sites is 1. The molecule has 22 heavy (non-hydrogen) atoms. The van der Waals surface area contributed by atoms with Crippen molar-refractivity contribution in [2.24, 2.45) is 0 Å². The first kappa shape index (κ1) is 14.4. The molecule has 5 nitrogen and oxygen atoms in total.